The minimum Gasteiger partial charge on any atom is -0.493 e. The molecule has 6 heteroatoms. The number of fused-ring (bicyclic) bond motifs is 1. The van der Waals surface area contributed by atoms with Crippen molar-refractivity contribution in [1.29, 1.82) is 0 Å². The zero-order valence-electron chi connectivity index (χ0n) is 17.8. The Morgan fingerprint density at radius 3 is 2.53 bits per heavy atom. The van der Waals surface area contributed by atoms with Gasteiger partial charge < -0.3 is 19.1 Å². The van der Waals surface area contributed by atoms with Gasteiger partial charge in [-0.2, -0.15) is 0 Å². The van der Waals surface area contributed by atoms with Crippen molar-refractivity contribution in [3.05, 3.63) is 59.2 Å². The highest BCUT2D eigenvalue weighted by Gasteiger charge is 2.28. The Hall–Kier alpha value is -3.02. The first-order valence-corrected chi connectivity index (χ1v) is 10.3. The van der Waals surface area contributed by atoms with Gasteiger partial charge in [-0.05, 0) is 55.0 Å². The molecule has 160 valence electrons. The van der Waals surface area contributed by atoms with Crippen molar-refractivity contribution in [2.45, 2.75) is 38.6 Å². The van der Waals surface area contributed by atoms with E-state index in [0.717, 1.165) is 25.7 Å². The standard InChI is InChI=1S/C24H29NO5/c1-4-13-25(20-11-9-17-7-5-6-8-18(17)14-20)24(27)19-10-12-21(28-2)22(15-19)30-16-23(26)29-3/h5-8,10,12,15,20H,4,9,11,13-14,16H2,1-3H3. The van der Waals surface area contributed by atoms with E-state index < -0.39 is 5.97 Å². The van der Waals surface area contributed by atoms with Crippen molar-refractivity contribution >= 4 is 11.9 Å². The van der Waals surface area contributed by atoms with Crippen LogP contribution in [-0.4, -0.2) is 50.2 Å². The molecule has 1 aliphatic carbocycles. The summed E-state index contributed by atoms with van der Waals surface area (Å²) < 4.78 is 15.5. The fourth-order valence-corrected chi connectivity index (χ4v) is 3.92. The number of nitrogens with zero attached hydrogens (tertiary/aromatic N) is 1. The summed E-state index contributed by atoms with van der Waals surface area (Å²) in [5.41, 5.74) is 3.21. The Morgan fingerprint density at radius 2 is 1.83 bits per heavy atom. The van der Waals surface area contributed by atoms with Crippen LogP contribution in [0, 0.1) is 0 Å². The molecule has 2 aromatic rings. The monoisotopic (exact) mass is 411 g/mol. The van der Waals surface area contributed by atoms with E-state index in [-0.39, 0.29) is 18.6 Å². The van der Waals surface area contributed by atoms with Crippen LogP contribution in [0.3, 0.4) is 0 Å². The number of esters is 1. The summed E-state index contributed by atoms with van der Waals surface area (Å²) in [5, 5.41) is 0. The van der Waals surface area contributed by atoms with Gasteiger partial charge in [0.25, 0.3) is 5.91 Å². The molecular formula is C24H29NO5. The van der Waals surface area contributed by atoms with Gasteiger partial charge in [0.1, 0.15) is 0 Å². The van der Waals surface area contributed by atoms with Crippen LogP contribution in [0.2, 0.25) is 0 Å². The zero-order valence-corrected chi connectivity index (χ0v) is 17.8. The number of rotatable bonds is 8. The van der Waals surface area contributed by atoms with E-state index in [9.17, 15) is 9.59 Å². The molecule has 0 aliphatic heterocycles. The molecule has 0 saturated heterocycles. The first kappa shape index (κ1) is 21.7. The molecule has 6 nitrogen and oxygen atoms in total. The van der Waals surface area contributed by atoms with Gasteiger partial charge in [-0.3, -0.25) is 4.79 Å². The van der Waals surface area contributed by atoms with Gasteiger partial charge in [0.05, 0.1) is 14.2 Å². The van der Waals surface area contributed by atoms with E-state index in [1.165, 1.54) is 25.3 Å². The Bertz CT molecular complexity index is 895. The van der Waals surface area contributed by atoms with Gasteiger partial charge in [0, 0.05) is 18.2 Å². The number of aryl methyl sites for hydroxylation is 1. The smallest absolute Gasteiger partial charge is 0.343 e. The predicted octanol–water partition coefficient (Wildman–Crippen LogP) is 3.66. The van der Waals surface area contributed by atoms with E-state index in [1.54, 1.807) is 18.2 Å². The lowest BCUT2D eigenvalue weighted by molar-refractivity contribution is -0.142. The summed E-state index contributed by atoms with van der Waals surface area (Å²) in [6.07, 6.45) is 3.67. The highest BCUT2D eigenvalue weighted by molar-refractivity contribution is 5.95. The average Bonchev–Trinajstić information content (AvgIpc) is 2.80. The van der Waals surface area contributed by atoms with E-state index in [4.69, 9.17) is 9.47 Å². The lowest BCUT2D eigenvalue weighted by Gasteiger charge is -2.35. The van der Waals surface area contributed by atoms with Gasteiger partial charge in [-0.25, -0.2) is 4.79 Å². The van der Waals surface area contributed by atoms with Crippen molar-refractivity contribution in [2.24, 2.45) is 0 Å². The number of carbonyl (C=O) groups is 2. The maximum Gasteiger partial charge on any atom is 0.343 e. The summed E-state index contributed by atoms with van der Waals surface area (Å²) in [4.78, 5) is 26.8. The third-order valence-corrected chi connectivity index (χ3v) is 5.47. The number of ether oxygens (including phenoxy) is 3. The van der Waals surface area contributed by atoms with Gasteiger partial charge in [-0.15, -0.1) is 0 Å². The molecule has 0 heterocycles. The lowest BCUT2D eigenvalue weighted by Crippen LogP contribution is -2.43. The van der Waals surface area contributed by atoms with Crippen LogP contribution in [0.15, 0.2) is 42.5 Å². The molecule has 1 aliphatic rings. The highest BCUT2D eigenvalue weighted by atomic mass is 16.6. The van der Waals surface area contributed by atoms with Crippen LogP contribution in [0.25, 0.3) is 0 Å². The number of benzene rings is 2. The second-order valence-electron chi connectivity index (χ2n) is 7.39. The molecular weight excluding hydrogens is 382 g/mol. The third kappa shape index (κ3) is 4.93. The average molecular weight is 411 g/mol. The first-order valence-electron chi connectivity index (χ1n) is 10.3. The van der Waals surface area contributed by atoms with Crippen LogP contribution < -0.4 is 9.47 Å². The third-order valence-electron chi connectivity index (χ3n) is 5.47. The van der Waals surface area contributed by atoms with Gasteiger partial charge in [-0.1, -0.05) is 31.2 Å². The van der Waals surface area contributed by atoms with Crippen molar-refractivity contribution in [3.8, 4) is 11.5 Å². The molecule has 0 radical (unpaired) electrons. The minimum atomic E-state index is -0.498. The fourth-order valence-electron chi connectivity index (χ4n) is 3.92. The first-order chi connectivity index (χ1) is 14.6. The number of amides is 1. The number of carbonyl (C=O) groups excluding carboxylic acids is 2. The molecule has 0 N–H and O–H groups in total. The van der Waals surface area contributed by atoms with Gasteiger partial charge in [0.2, 0.25) is 0 Å². The molecule has 1 atom stereocenters. The molecule has 0 spiro atoms. The molecule has 0 fully saturated rings. The second-order valence-corrected chi connectivity index (χ2v) is 7.39. The van der Waals surface area contributed by atoms with Crippen LogP contribution >= 0.6 is 0 Å². The number of hydrogen-bond acceptors (Lipinski definition) is 5. The van der Waals surface area contributed by atoms with Crippen LogP contribution in [-0.2, 0) is 22.4 Å². The molecule has 1 amide bonds. The molecule has 2 aromatic carbocycles. The highest BCUT2D eigenvalue weighted by Crippen LogP contribution is 2.30. The van der Waals surface area contributed by atoms with Crippen molar-refractivity contribution in [1.82, 2.24) is 4.90 Å². The Balaban J connectivity index is 1.82. The Morgan fingerprint density at radius 1 is 1.07 bits per heavy atom. The maximum atomic E-state index is 13.4. The van der Waals surface area contributed by atoms with Gasteiger partial charge >= 0.3 is 5.97 Å². The molecule has 1 unspecified atom stereocenters. The minimum absolute atomic E-state index is 0.0354. The van der Waals surface area contributed by atoms with Gasteiger partial charge in [0.15, 0.2) is 18.1 Å². The summed E-state index contributed by atoms with van der Waals surface area (Å²) in [5.74, 6) is 0.275. The van der Waals surface area contributed by atoms with E-state index >= 15 is 0 Å². The SMILES string of the molecule is CCCN(C(=O)c1ccc(OC)c(OCC(=O)OC)c1)C1CCc2ccccc2C1. The number of methoxy groups -OCH3 is 2. The van der Waals surface area contributed by atoms with Crippen LogP contribution in [0.5, 0.6) is 11.5 Å². The Kier molecular flexibility index (Phi) is 7.33. The summed E-state index contributed by atoms with van der Waals surface area (Å²) in [6.45, 7) is 2.52. The fraction of sp³-hybridized carbons (Fsp3) is 0.417. The van der Waals surface area contributed by atoms with Crippen molar-refractivity contribution in [3.63, 3.8) is 0 Å². The number of hydrogen-bond donors (Lipinski definition) is 0. The molecule has 30 heavy (non-hydrogen) atoms. The normalized spacial score (nSPS) is 15.1. The lowest BCUT2D eigenvalue weighted by atomic mass is 9.87. The summed E-state index contributed by atoms with van der Waals surface area (Å²) in [7, 11) is 2.82. The molecule has 0 aromatic heterocycles. The van der Waals surface area contributed by atoms with Crippen LogP contribution in [0.1, 0.15) is 41.3 Å². The van der Waals surface area contributed by atoms with E-state index in [0.29, 0.717) is 23.6 Å². The second kappa shape index (κ2) is 10.1. The molecule has 0 bridgehead atoms. The Labute approximate surface area is 177 Å². The summed E-state index contributed by atoms with van der Waals surface area (Å²) in [6, 6.07) is 13.7. The quantitative estimate of drug-likeness (QED) is 0.621. The molecule has 3 rings (SSSR count). The van der Waals surface area contributed by atoms with E-state index in [2.05, 4.69) is 35.9 Å². The molecule has 0 saturated carbocycles. The zero-order chi connectivity index (χ0) is 21.5. The summed E-state index contributed by atoms with van der Waals surface area (Å²) >= 11 is 0. The van der Waals surface area contributed by atoms with E-state index in [1.807, 2.05) is 4.90 Å². The maximum absolute atomic E-state index is 13.4. The predicted molar refractivity (Wildman–Crippen MR) is 114 cm³/mol. The van der Waals surface area contributed by atoms with Crippen molar-refractivity contribution in [2.75, 3.05) is 27.4 Å². The topological polar surface area (TPSA) is 65.1 Å². The van der Waals surface area contributed by atoms with Crippen LogP contribution in [0.4, 0.5) is 0 Å². The largest absolute Gasteiger partial charge is 0.493 e. The van der Waals surface area contributed by atoms with Crippen molar-refractivity contribution < 1.29 is 23.8 Å².